The van der Waals surface area contributed by atoms with E-state index in [4.69, 9.17) is 14.6 Å². The predicted octanol–water partition coefficient (Wildman–Crippen LogP) is 3.82. The van der Waals surface area contributed by atoms with E-state index in [0.717, 1.165) is 5.56 Å². The van der Waals surface area contributed by atoms with Crippen molar-refractivity contribution in [3.63, 3.8) is 0 Å². The number of ether oxygens (including phenoxy) is 2. The summed E-state index contributed by atoms with van der Waals surface area (Å²) in [6.45, 7) is 7.89. The molecule has 2 unspecified atom stereocenters. The third-order valence-electron chi connectivity index (χ3n) is 4.87. The van der Waals surface area contributed by atoms with Crippen molar-refractivity contribution in [3.05, 3.63) is 35.9 Å². The molecule has 0 bridgehead atoms. The van der Waals surface area contributed by atoms with Crippen LogP contribution in [0.1, 0.15) is 53.0 Å². The van der Waals surface area contributed by atoms with Crippen LogP contribution in [-0.2, 0) is 30.5 Å². The Morgan fingerprint density at radius 1 is 0.966 bits per heavy atom. The van der Waals surface area contributed by atoms with E-state index in [0.29, 0.717) is 0 Å². The lowest BCUT2D eigenvalue weighted by Crippen LogP contribution is -2.44. The number of aliphatic hydroxyl groups is 1. The number of alkyl halides is 1. The largest absolute Gasteiger partial charge is 0.463 e. The smallest absolute Gasteiger partial charge is 0.311 e. The molecule has 162 valence electrons. The van der Waals surface area contributed by atoms with Gasteiger partial charge in [0.15, 0.2) is 0 Å². The molecule has 29 heavy (non-hydrogen) atoms. The van der Waals surface area contributed by atoms with Gasteiger partial charge in [0.2, 0.25) is 0 Å². The van der Waals surface area contributed by atoms with E-state index in [9.17, 15) is 14.4 Å². The van der Waals surface area contributed by atoms with Crippen LogP contribution in [0, 0.1) is 10.8 Å². The van der Waals surface area contributed by atoms with Gasteiger partial charge in [0.25, 0.3) is 0 Å². The molecule has 0 aliphatic rings. The fraction of sp³-hybridized carbons (Fsp3) is 0.591. The third kappa shape index (κ3) is 7.55. The van der Waals surface area contributed by atoms with E-state index in [1.807, 2.05) is 30.3 Å². The number of benzene rings is 1. The predicted molar refractivity (Wildman–Crippen MR) is 113 cm³/mol. The number of esters is 2. The van der Waals surface area contributed by atoms with Crippen LogP contribution in [0.3, 0.4) is 0 Å². The van der Waals surface area contributed by atoms with Crippen molar-refractivity contribution >= 4 is 33.7 Å². The van der Waals surface area contributed by atoms with Gasteiger partial charge >= 0.3 is 11.9 Å². The first-order chi connectivity index (χ1) is 13.3. The Balaban J connectivity index is 3.00. The molecule has 0 fully saturated rings. The molecular formula is C22H31BrO6. The summed E-state index contributed by atoms with van der Waals surface area (Å²) in [6.07, 6.45) is 0.251. The zero-order valence-electron chi connectivity index (χ0n) is 17.8. The highest BCUT2D eigenvalue weighted by Gasteiger charge is 2.48. The number of hydrogen-bond donors (Lipinski definition) is 1. The van der Waals surface area contributed by atoms with Crippen LogP contribution in [0.2, 0.25) is 0 Å². The number of aliphatic hydroxyl groups excluding tert-OH is 1. The van der Waals surface area contributed by atoms with Crippen LogP contribution >= 0.6 is 15.9 Å². The Bertz CT molecular complexity index is 713. The van der Waals surface area contributed by atoms with Crippen LogP contribution in [0.4, 0.5) is 0 Å². The molecule has 0 heterocycles. The summed E-state index contributed by atoms with van der Waals surface area (Å²) in [7, 11) is 0. The second-order valence-corrected chi connectivity index (χ2v) is 10.2. The standard InChI is InChI=1S/C22H31BrO6/c1-16(25)22(5,23)15-21(4,19(27)28-12-11-24)14-20(2,3)18(26)29-13-17-9-7-6-8-10-17/h6-10,24H,11-15H2,1-5H3. The number of carbonyl (C=O) groups is 3. The van der Waals surface area contributed by atoms with Gasteiger partial charge in [-0.1, -0.05) is 46.3 Å². The average Bonchev–Trinajstić information content (AvgIpc) is 2.63. The van der Waals surface area contributed by atoms with Crippen molar-refractivity contribution in [2.45, 2.75) is 58.4 Å². The van der Waals surface area contributed by atoms with Crippen molar-refractivity contribution < 1.29 is 29.0 Å². The quantitative estimate of drug-likeness (QED) is 0.390. The summed E-state index contributed by atoms with van der Waals surface area (Å²) in [5, 5.41) is 8.99. The summed E-state index contributed by atoms with van der Waals surface area (Å²) < 4.78 is 9.68. The molecule has 1 rings (SSSR count). The van der Waals surface area contributed by atoms with Crippen molar-refractivity contribution in [1.82, 2.24) is 0 Å². The highest BCUT2D eigenvalue weighted by atomic mass is 79.9. The monoisotopic (exact) mass is 470 g/mol. The van der Waals surface area contributed by atoms with Crippen molar-refractivity contribution in [1.29, 1.82) is 0 Å². The molecule has 6 nitrogen and oxygen atoms in total. The van der Waals surface area contributed by atoms with E-state index in [2.05, 4.69) is 15.9 Å². The maximum Gasteiger partial charge on any atom is 0.311 e. The highest BCUT2D eigenvalue weighted by molar-refractivity contribution is 9.10. The maximum atomic E-state index is 12.8. The van der Waals surface area contributed by atoms with E-state index in [1.54, 1.807) is 27.7 Å². The summed E-state index contributed by atoms with van der Waals surface area (Å²) in [6, 6.07) is 9.33. The second-order valence-electron chi connectivity index (χ2n) is 8.47. The topological polar surface area (TPSA) is 89.9 Å². The van der Waals surface area contributed by atoms with Crippen molar-refractivity contribution in [2.24, 2.45) is 10.8 Å². The number of ketones is 1. The Hall–Kier alpha value is -1.73. The van der Waals surface area contributed by atoms with Gasteiger partial charge < -0.3 is 14.6 Å². The number of rotatable bonds is 11. The zero-order valence-corrected chi connectivity index (χ0v) is 19.4. The fourth-order valence-corrected chi connectivity index (χ4v) is 3.96. The van der Waals surface area contributed by atoms with Crippen LogP contribution in [0.5, 0.6) is 0 Å². The van der Waals surface area contributed by atoms with Gasteiger partial charge in [0.05, 0.1) is 21.8 Å². The first-order valence-electron chi connectivity index (χ1n) is 9.53. The van der Waals surface area contributed by atoms with Gasteiger partial charge in [-0.25, -0.2) is 0 Å². The minimum Gasteiger partial charge on any atom is -0.463 e. The number of hydrogen-bond acceptors (Lipinski definition) is 6. The van der Waals surface area contributed by atoms with E-state index in [1.165, 1.54) is 6.92 Å². The van der Waals surface area contributed by atoms with Crippen LogP contribution < -0.4 is 0 Å². The van der Waals surface area contributed by atoms with Crippen LogP contribution in [0.25, 0.3) is 0 Å². The molecule has 0 aliphatic heterocycles. The number of halogens is 1. The molecule has 0 aliphatic carbocycles. The maximum absolute atomic E-state index is 12.8. The summed E-state index contributed by atoms with van der Waals surface area (Å²) >= 11 is 3.40. The summed E-state index contributed by atoms with van der Waals surface area (Å²) in [4.78, 5) is 37.6. The van der Waals surface area contributed by atoms with Gasteiger partial charge in [-0.05, 0) is 53.0 Å². The highest BCUT2D eigenvalue weighted by Crippen LogP contribution is 2.44. The van der Waals surface area contributed by atoms with Crippen LogP contribution in [-0.4, -0.2) is 40.4 Å². The summed E-state index contributed by atoms with van der Waals surface area (Å²) in [5.41, 5.74) is -1.28. The molecule has 0 amide bonds. The van der Waals surface area contributed by atoms with Gasteiger partial charge in [-0.15, -0.1) is 0 Å². The Labute approximate surface area is 181 Å². The lowest BCUT2D eigenvalue weighted by molar-refractivity contribution is -0.165. The molecule has 1 N–H and O–H groups in total. The lowest BCUT2D eigenvalue weighted by atomic mass is 9.69. The van der Waals surface area contributed by atoms with Gasteiger partial charge in [-0.2, -0.15) is 0 Å². The molecule has 2 atom stereocenters. The fourth-order valence-electron chi connectivity index (χ4n) is 3.34. The zero-order chi connectivity index (χ0) is 22.3. The Morgan fingerprint density at radius 2 is 1.55 bits per heavy atom. The van der Waals surface area contributed by atoms with Gasteiger partial charge in [0.1, 0.15) is 19.0 Å². The Morgan fingerprint density at radius 3 is 2.07 bits per heavy atom. The molecule has 0 saturated heterocycles. The first-order valence-corrected chi connectivity index (χ1v) is 10.3. The molecule has 7 heteroatoms. The molecule has 1 aromatic rings. The number of carbonyl (C=O) groups excluding carboxylic acids is 3. The van der Waals surface area contributed by atoms with E-state index >= 15 is 0 Å². The third-order valence-corrected chi connectivity index (χ3v) is 5.71. The average molecular weight is 471 g/mol. The first kappa shape index (κ1) is 25.3. The lowest BCUT2D eigenvalue weighted by Gasteiger charge is -2.38. The molecule has 0 aromatic heterocycles. The molecule has 0 spiro atoms. The normalized spacial score (nSPS) is 15.7. The van der Waals surface area contributed by atoms with Gasteiger partial charge in [-0.3, -0.25) is 14.4 Å². The van der Waals surface area contributed by atoms with E-state index in [-0.39, 0.29) is 38.4 Å². The molecule has 1 aromatic carbocycles. The second kappa shape index (κ2) is 10.3. The van der Waals surface area contributed by atoms with Crippen molar-refractivity contribution in [2.75, 3.05) is 13.2 Å². The Kier molecular flexibility index (Phi) is 9.03. The van der Waals surface area contributed by atoms with E-state index < -0.39 is 27.1 Å². The SMILES string of the molecule is CC(=O)C(C)(Br)CC(C)(CC(C)(C)C(=O)OCc1ccccc1)C(=O)OCCO. The van der Waals surface area contributed by atoms with Crippen molar-refractivity contribution in [3.8, 4) is 0 Å². The molecule has 0 radical (unpaired) electrons. The molecular weight excluding hydrogens is 440 g/mol. The van der Waals surface area contributed by atoms with Crippen LogP contribution in [0.15, 0.2) is 30.3 Å². The molecule has 0 saturated carbocycles. The minimum atomic E-state index is -1.14. The summed E-state index contributed by atoms with van der Waals surface area (Å²) in [5.74, 6) is -1.15. The minimum absolute atomic E-state index is 0.117. The van der Waals surface area contributed by atoms with Gasteiger partial charge in [0, 0.05) is 0 Å². The number of Topliss-reactive ketones (excluding diaryl/α,β-unsaturated/α-hetero) is 1.